The van der Waals surface area contributed by atoms with Gasteiger partial charge in [0, 0.05) is 31.5 Å². The van der Waals surface area contributed by atoms with Gasteiger partial charge in [-0.3, -0.25) is 19.3 Å². The molecular formula is C19H19N5O4. The second-order valence-corrected chi connectivity index (χ2v) is 6.38. The third-order valence-corrected chi connectivity index (χ3v) is 4.68. The molecular weight excluding hydrogens is 362 g/mol. The van der Waals surface area contributed by atoms with Gasteiger partial charge in [0.15, 0.2) is 0 Å². The van der Waals surface area contributed by atoms with Crippen LogP contribution in [0.25, 0.3) is 5.65 Å². The lowest BCUT2D eigenvalue weighted by Gasteiger charge is -2.30. The zero-order valence-corrected chi connectivity index (χ0v) is 15.1. The minimum Gasteiger partial charge on any atom is -0.378 e. The number of ether oxygens (including phenoxy) is 1. The molecule has 0 aliphatic carbocycles. The first-order valence-corrected chi connectivity index (χ1v) is 8.95. The molecule has 9 heteroatoms. The molecule has 1 aliphatic rings. The zero-order chi connectivity index (χ0) is 19.5. The molecule has 144 valence electrons. The van der Waals surface area contributed by atoms with Crippen LogP contribution in [0.4, 0.5) is 17.2 Å². The van der Waals surface area contributed by atoms with Crippen LogP contribution in [0.5, 0.6) is 0 Å². The van der Waals surface area contributed by atoms with Crippen molar-refractivity contribution in [1.29, 1.82) is 0 Å². The van der Waals surface area contributed by atoms with Gasteiger partial charge in [-0.25, -0.2) is 4.98 Å². The van der Waals surface area contributed by atoms with Crippen LogP contribution >= 0.6 is 0 Å². The van der Waals surface area contributed by atoms with E-state index in [0.29, 0.717) is 25.4 Å². The molecule has 0 saturated carbocycles. The molecule has 1 aliphatic heterocycles. The Morgan fingerprint density at radius 2 is 1.89 bits per heavy atom. The third kappa shape index (κ3) is 3.39. The van der Waals surface area contributed by atoms with Crippen LogP contribution in [0.2, 0.25) is 0 Å². The van der Waals surface area contributed by atoms with Crippen molar-refractivity contribution in [3.8, 4) is 0 Å². The summed E-state index contributed by atoms with van der Waals surface area (Å²) in [6.45, 7) is 3.20. The smallest absolute Gasteiger partial charge is 0.376 e. The van der Waals surface area contributed by atoms with E-state index in [4.69, 9.17) is 4.74 Å². The summed E-state index contributed by atoms with van der Waals surface area (Å²) in [5.41, 5.74) is 1.08. The predicted octanol–water partition coefficient (Wildman–Crippen LogP) is 2.05. The average molecular weight is 381 g/mol. The van der Waals surface area contributed by atoms with Crippen molar-refractivity contribution >= 4 is 22.8 Å². The van der Waals surface area contributed by atoms with Crippen LogP contribution < -0.4 is 15.8 Å². The molecule has 1 saturated heterocycles. The van der Waals surface area contributed by atoms with Gasteiger partial charge >= 0.3 is 11.2 Å². The van der Waals surface area contributed by atoms with E-state index >= 15 is 0 Å². The third-order valence-electron chi connectivity index (χ3n) is 4.68. The number of nitrogens with one attached hydrogen (secondary N) is 1. The first-order chi connectivity index (χ1) is 13.6. The number of nitro groups is 1. The maximum absolute atomic E-state index is 12.5. The minimum atomic E-state index is -0.709. The normalized spacial score (nSPS) is 14.2. The summed E-state index contributed by atoms with van der Waals surface area (Å²) >= 11 is 0. The number of benzene rings is 1. The van der Waals surface area contributed by atoms with Crippen molar-refractivity contribution in [2.24, 2.45) is 0 Å². The molecule has 0 bridgehead atoms. The SMILES string of the molecule is O=c1c([N+](=O)[O-])c(NCc2ccccc2N2CCOCC2)nc2ccccn12. The summed E-state index contributed by atoms with van der Waals surface area (Å²) in [7, 11) is 0. The molecule has 28 heavy (non-hydrogen) atoms. The number of nitrogens with zero attached hydrogens (tertiary/aromatic N) is 4. The molecule has 4 rings (SSSR count). The standard InChI is InChI=1S/C19H19N5O4/c25-19-17(24(26)27)18(21-16-7-3-4-8-23(16)19)20-13-14-5-1-2-6-15(14)22-9-11-28-12-10-22/h1-8,20H,9-13H2. The molecule has 1 fully saturated rings. The number of pyridine rings is 1. The van der Waals surface area contributed by atoms with Gasteiger partial charge in [-0.15, -0.1) is 0 Å². The minimum absolute atomic E-state index is 0.0296. The Kier molecular flexibility index (Phi) is 4.90. The van der Waals surface area contributed by atoms with Crippen LogP contribution in [0.1, 0.15) is 5.56 Å². The number of anilines is 2. The second kappa shape index (κ2) is 7.65. The molecule has 9 nitrogen and oxygen atoms in total. The van der Waals surface area contributed by atoms with E-state index in [1.807, 2.05) is 24.3 Å². The fourth-order valence-corrected chi connectivity index (χ4v) is 3.32. The van der Waals surface area contributed by atoms with Gasteiger partial charge in [-0.2, -0.15) is 0 Å². The predicted molar refractivity (Wildman–Crippen MR) is 105 cm³/mol. The molecule has 0 spiro atoms. The van der Waals surface area contributed by atoms with E-state index in [0.717, 1.165) is 24.3 Å². The highest BCUT2D eigenvalue weighted by molar-refractivity contribution is 5.61. The fourth-order valence-electron chi connectivity index (χ4n) is 3.32. The Hall–Kier alpha value is -3.46. The van der Waals surface area contributed by atoms with Gasteiger partial charge in [-0.1, -0.05) is 24.3 Å². The molecule has 2 aromatic heterocycles. The zero-order valence-electron chi connectivity index (χ0n) is 15.1. The Bertz CT molecular complexity index is 1080. The lowest BCUT2D eigenvalue weighted by Crippen LogP contribution is -2.36. The molecule has 1 aromatic carbocycles. The van der Waals surface area contributed by atoms with E-state index in [9.17, 15) is 14.9 Å². The van der Waals surface area contributed by atoms with Gasteiger partial charge in [0.2, 0.25) is 5.82 Å². The Labute approximate surface area is 160 Å². The van der Waals surface area contributed by atoms with Crippen LogP contribution in [0.3, 0.4) is 0 Å². The largest absolute Gasteiger partial charge is 0.378 e. The Balaban J connectivity index is 1.67. The Morgan fingerprint density at radius 3 is 2.68 bits per heavy atom. The van der Waals surface area contributed by atoms with Crippen molar-refractivity contribution in [3.05, 3.63) is 74.7 Å². The summed E-state index contributed by atoms with van der Waals surface area (Å²) in [5.74, 6) is -0.0296. The Morgan fingerprint density at radius 1 is 1.14 bits per heavy atom. The lowest BCUT2D eigenvalue weighted by atomic mass is 10.1. The number of hydrogen-bond donors (Lipinski definition) is 1. The highest BCUT2D eigenvalue weighted by Gasteiger charge is 2.23. The summed E-state index contributed by atoms with van der Waals surface area (Å²) < 4.78 is 6.58. The lowest BCUT2D eigenvalue weighted by molar-refractivity contribution is -0.385. The van der Waals surface area contributed by atoms with Crippen LogP contribution in [-0.2, 0) is 11.3 Å². The van der Waals surface area contributed by atoms with Gasteiger partial charge in [-0.05, 0) is 23.8 Å². The van der Waals surface area contributed by atoms with Gasteiger partial charge in [0.1, 0.15) is 5.65 Å². The highest BCUT2D eigenvalue weighted by atomic mass is 16.6. The van der Waals surface area contributed by atoms with Gasteiger partial charge < -0.3 is 15.0 Å². The second-order valence-electron chi connectivity index (χ2n) is 6.38. The van der Waals surface area contributed by atoms with Crippen molar-refractivity contribution < 1.29 is 9.66 Å². The van der Waals surface area contributed by atoms with E-state index in [-0.39, 0.29) is 5.82 Å². The monoisotopic (exact) mass is 381 g/mol. The van der Waals surface area contributed by atoms with Gasteiger partial charge in [0.25, 0.3) is 0 Å². The number of aromatic nitrogens is 2. The summed E-state index contributed by atoms with van der Waals surface area (Å²) in [6, 6.07) is 12.8. The molecule has 3 heterocycles. The van der Waals surface area contributed by atoms with Crippen LogP contribution in [0.15, 0.2) is 53.5 Å². The van der Waals surface area contributed by atoms with Crippen molar-refractivity contribution in [2.45, 2.75) is 6.54 Å². The molecule has 3 aromatic rings. The average Bonchev–Trinajstić information content (AvgIpc) is 2.73. The summed E-state index contributed by atoms with van der Waals surface area (Å²) in [5, 5.41) is 14.5. The summed E-state index contributed by atoms with van der Waals surface area (Å²) in [4.78, 5) is 29.9. The van der Waals surface area contributed by atoms with E-state index in [1.54, 1.807) is 18.2 Å². The van der Waals surface area contributed by atoms with Crippen LogP contribution in [-0.4, -0.2) is 40.6 Å². The quantitative estimate of drug-likeness (QED) is 0.533. The number of morpholine rings is 1. The maximum atomic E-state index is 12.5. The summed E-state index contributed by atoms with van der Waals surface area (Å²) in [6.07, 6.45) is 1.47. The number of para-hydroxylation sites is 1. The van der Waals surface area contributed by atoms with Crippen molar-refractivity contribution in [2.75, 3.05) is 36.5 Å². The first-order valence-electron chi connectivity index (χ1n) is 8.95. The van der Waals surface area contributed by atoms with E-state index in [1.165, 1.54) is 10.6 Å². The number of rotatable bonds is 5. The highest BCUT2D eigenvalue weighted by Crippen LogP contribution is 2.24. The molecule has 0 radical (unpaired) electrons. The van der Waals surface area contributed by atoms with Crippen molar-refractivity contribution in [1.82, 2.24) is 9.38 Å². The number of hydrogen-bond acceptors (Lipinski definition) is 7. The maximum Gasteiger partial charge on any atom is 0.376 e. The van der Waals surface area contributed by atoms with Crippen LogP contribution in [0, 0.1) is 10.1 Å². The van der Waals surface area contributed by atoms with Gasteiger partial charge in [0.05, 0.1) is 18.1 Å². The molecule has 1 N–H and O–H groups in total. The fraction of sp³-hybridized carbons (Fsp3) is 0.263. The van der Waals surface area contributed by atoms with E-state index < -0.39 is 16.2 Å². The molecule has 0 atom stereocenters. The topological polar surface area (TPSA) is 102 Å². The van der Waals surface area contributed by atoms with Crippen molar-refractivity contribution in [3.63, 3.8) is 0 Å². The first kappa shape index (κ1) is 17.9. The number of fused-ring (bicyclic) bond motifs is 1. The molecule has 0 unspecified atom stereocenters. The van der Waals surface area contributed by atoms with E-state index in [2.05, 4.69) is 15.2 Å². The molecule has 0 amide bonds.